The molecule has 1 aromatic heterocycles. The van der Waals surface area contributed by atoms with Crippen LogP contribution in [0.4, 0.5) is 0 Å². The maximum absolute atomic E-state index is 11.7. The summed E-state index contributed by atoms with van der Waals surface area (Å²) in [6.07, 6.45) is 0. The lowest BCUT2D eigenvalue weighted by atomic mass is 10.4. The molecular weight excluding hydrogens is 363 g/mol. The molecule has 0 spiro atoms. The van der Waals surface area contributed by atoms with Crippen LogP contribution in [0, 0.1) is 0 Å². The van der Waals surface area contributed by atoms with E-state index < -0.39 is 17.4 Å². The number of aromatic nitrogens is 2. The van der Waals surface area contributed by atoms with Crippen LogP contribution in [0.3, 0.4) is 0 Å². The molecule has 23 heavy (non-hydrogen) atoms. The maximum Gasteiger partial charge on any atom is 0.290 e. The number of carbonyl (C=O) groups excluding carboxylic acids is 2. The zero-order valence-corrected chi connectivity index (χ0v) is 13.8. The molecule has 1 heterocycles. The number of thioether (sulfide) groups is 1. The molecule has 2 amide bonds. The average molecular weight is 373 g/mol. The highest BCUT2D eigenvalue weighted by molar-refractivity contribution is 8.00. The van der Waals surface area contributed by atoms with Crippen LogP contribution in [0.5, 0.6) is 0 Å². The van der Waals surface area contributed by atoms with Gasteiger partial charge in [-0.1, -0.05) is 23.2 Å². The summed E-state index contributed by atoms with van der Waals surface area (Å²) in [7, 11) is 0. The van der Waals surface area contributed by atoms with E-state index in [9.17, 15) is 14.4 Å². The average Bonchev–Trinajstić information content (AvgIpc) is 2.54. The highest BCUT2D eigenvalue weighted by atomic mass is 35.5. The number of carbonyl (C=O) groups is 2. The number of aromatic amines is 1. The summed E-state index contributed by atoms with van der Waals surface area (Å²) in [5, 5.41) is 6.64. The zero-order chi connectivity index (χ0) is 16.8. The number of halogens is 2. The van der Waals surface area contributed by atoms with Gasteiger partial charge in [-0.25, -0.2) is 5.10 Å². The monoisotopic (exact) mass is 372 g/mol. The summed E-state index contributed by atoms with van der Waals surface area (Å²) < 4.78 is 0. The van der Waals surface area contributed by atoms with E-state index in [0.29, 0.717) is 14.9 Å². The lowest BCUT2D eigenvalue weighted by Gasteiger charge is -2.07. The molecule has 0 atom stereocenters. The second kappa shape index (κ2) is 8.00. The maximum atomic E-state index is 11.7. The van der Waals surface area contributed by atoms with Crippen molar-refractivity contribution < 1.29 is 9.59 Å². The first-order valence-electron chi connectivity index (χ1n) is 6.18. The summed E-state index contributed by atoms with van der Waals surface area (Å²) in [6, 6.07) is 7.31. The molecule has 10 heteroatoms. The van der Waals surface area contributed by atoms with Gasteiger partial charge >= 0.3 is 0 Å². The Morgan fingerprint density at radius 3 is 2.65 bits per heavy atom. The van der Waals surface area contributed by atoms with Gasteiger partial charge in [0.2, 0.25) is 5.91 Å². The van der Waals surface area contributed by atoms with E-state index in [4.69, 9.17) is 23.2 Å². The molecule has 0 fully saturated rings. The first-order valence-corrected chi connectivity index (χ1v) is 7.92. The molecule has 0 aliphatic heterocycles. The minimum atomic E-state index is -0.652. The van der Waals surface area contributed by atoms with Crippen molar-refractivity contribution in [2.75, 3.05) is 5.75 Å². The lowest BCUT2D eigenvalue weighted by Crippen LogP contribution is -2.43. The molecule has 0 aliphatic carbocycles. The number of hydrazine groups is 1. The molecule has 0 aliphatic rings. The molecule has 0 bridgehead atoms. The fraction of sp³-hybridized carbons (Fsp3) is 0.0769. The van der Waals surface area contributed by atoms with E-state index in [1.807, 2.05) is 0 Å². The van der Waals surface area contributed by atoms with Crippen molar-refractivity contribution in [1.82, 2.24) is 21.0 Å². The Bertz CT molecular complexity index is 777. The Morgan fingerprint density at radius 2 is 1.96 bits per heavy atom. The number of nitrogens with zero attached hydrogens (tertiary/aromatic N) is 1. The van der Waals surface area contributed by atoms with Crippen LogP contribution in [-0.4, -0.2) is 27.8 Å². The van der Waals surface area contributed by atoms with Gasteiger partial charge in [0.05, 0.1) is 10.8 Å². The van der Waals surface area contributed by atoms with E-state index in [1.54, 1.807) is 18.2 Å². The molecule has 1 aromatic carbocycles. The lowest BCUT2D eigenvalue weighted by molar-refractivity contribution is -0.119. The number of hydrogen-bond acceptors (Lipinski definition) is 5. The summed E-state index contributed by atoms with van der Waals surface area (Å²) in [6.45, 7) is 0. The Labute approximate surface area is 144 Å². The second-order valence-corrected chi connectivity index (χ2v) is 6.03. The van der Waals surface area contributed by atoms with Crippen LogP contribution < -0.4 is 16.4 Å². The van der Waals surface area contributed by atoms with Gasteiger partial charge in [-0.15, -0.1) is 11.8 Å². The third kappa shape index (κ3) is 5.27. The highest BCUT2D eigenvalue weighted by Gasteiger charge is 2.10. The van der Waals surface area contributed by atoms with E-state index in [1.165, 1.54) is 17.8 Å². The van der Waals surface area contributed by atoms with Gasteiger partial charge in [-0.2, -0.15) is 5.10 Å². The number of rotatable bonds is 4. The molecule has 2 rings (SSSR count). The van der Waals surface area contributed by atoms with E-state index in [2.05, 4.69) is 21.0 Å². The van der Waals surface area contributed by atoms with Gasteiger partial charge in [0.25, 0.3) is 11.5 Å². The Kier molecular flexibility index (Phi) is 6.03. The van der Waals surface area contributed by atoms with Crippen LogP contribution in [0.2, 0.25) is 10.0 Å². The van der Waals surface area contributed by atoms with Crippen molar-refractivity contribution in [1.29, 1.82) is 0 Å². The molecule has 2 aromatic rings. The molecule has 3 N–H and O–H groups in total. The van der Waals surface area contributed by atoms with Crippen molar-refractivity contribution >= 4 is 46.8 Å². The molecule has 7 nitrogen and oxygen atoms in total. The molecule has 0 unspecified atom stereocenters. The smallest absolute Gasteiger partial charge is 0.272 e. The summed E-state index contributed by atoms with van der Waals surface area (Å²) in [4.78, 5) is 34.9. The zero-order valence-electron chi connectivity index (χ0n) is 11.4. The molecule has 0 radical (unpaired) electrons. The fourth-order valence-electron chi connectivity index (χ4n) is 1.43. The number of benzene rings is 1. The van der Waals surface area contributed by atoms with E-state index >= 15 is 0 Å². The van der Waals surface area contributed by atoms with Crippen LogP contribution in [0.1, 0.15) is 10.5 Å². The SMILES string of the molecule is O=C(CSc1cc(Cl)ccc1Cl)NNC(=O)c1ccc(=O)[nH]n1. The normalized spacial score (nSPS) is 10.2. The highest BCUT2D eigenvalue weighted by Crippen LogP contribution is 2.29. The third-order valence-corrected chi connectivity index (χ3v) is 4.21. The van der Waals surface area contributed by atoms with Crippen molar-refractivity contribution in [3.63, 3.8) is 0 Å². The van der Waals surface area contributed by atoms with Gasteiger partial charge in [0.1, 0.15) is 0 Å². The van der Waals surface area contributed by atoms with Crippen molar-refractivity contribution in [2.45, 2.75) is 4.90 Å². The standard InChI is InChI=1S/C13H10Cl2N4O3S/c14-7-1-2-8(15)10(5-7)23-6-12(21)18-19-13(22)9-3-4-11(20)17-16-9/h1-5H,6H2,(H,17,20)(H,18,21)(H,19,22). The molecular formula is C13H10Cl2N4O3S. The number of hydrogen-bond donors (Lipinski definition) is 3. The largest absolute Gasteiger partial charge is 0.290 e. The van der Waals surface area contributed by atoms with Gasteiger partial charge < -0.3 is 0 Å². The predicted molar refractivity (Wildman–Crippen MR) is 87.7 cm³/mol. The van der Waals surface area contributed by atoms with Crippen molar-refractivity contribution in [2.24, 2.45) is 0 Å². The Hall–Kier alpha value is -2.03. The minimum Gasteiger partial charge on any atom is -0.272 e. The van der Waals surface area contributed by atoms with Gasteiger partial charge in [0, 0.05) is 16.0 Å². The Balaban J connectivity index is 1.83. The number of nitrogens with one attached hydrogen (secondary N) is 3. The molecule has 0 saturated carbocycles. The van der Waals surface area contributed by atoms with Crippen LogP contribution >= 0.6 is 35.0 Å². The quantitative estimate of drug-likeness (QED) is 0.558. The van der Waals surface area contributed by atoms with E-state index in [0.717, 1.165) is 6.07 Å². The van der Waals surface area contributed by atoms with Crippen LogP contribution in [-0.2, 0) is 4.79 Å². The van der Waals surface area contributed by atoms with Gasteiger partial charge in [-0.05, 0) is 24.3 Å². The van der Waals surface area contributed by atoms with Crippen LogP contribution in [0.15, 0.2) is 40.0 Å². The summed E-state index contributed by atoms with van der Waals surface area (Å²) >= 11 is 13.0. The minimum absolute atomic E-state index is 0.0272. The predicted octanol–water partition coefficient (Wildman–Crippen LogP) is 1.63. The number of amides is 2. The summed E-state index contributed by atoms with van der Waals surface area (Å²) in [5.41, 5.74) is 3.96. The number of H-pyrrole nitrogens is 1. The Morgan fingerprint density at radius 1 is 1.17 bits per heavy atom. The second-order valence-electron chi connectivity index (χ2n) is 4.17. The van der Waals surface area contributed by atoms with Gasteiger partial charge in [-0.3, -0.25) is 25.2 Å². The first kappa shape index (κ1) is 17.3. The van der Waals surface area contributed by atoms with Gasteiger partial charge in [0.15, 0.2) is 5.69 Å². The van der Waals surface area contributed by atoms with Crippen molar-refractivity contribution in [3.05, 3.63) is 56.4 Å². The third-order valence-electron chi connectivity index (χ3n) is 2.48. The topological polar surface area (TPSA) is 104 Å². The van der Waals surface area contributed by atoms with E-state index in [-0.39, 0.29) is 11.4 Å². The first-order chi connectivity index (χ1) is 11.0. The molecule has 0 saturated heterocycles. The summed E-state index contributed by atoms with van der Waals surface area (Å²) in [5.74, 6) is -1.07. The van der Waals surface area contributed by atoms with Crippen LogP contribution in [0.25, 0.3) is 0 Å². The fourth-order valence-corrected chi connectivity index (χ4v) is 2.72. The van der Waals surface area contributed by atoms with Crippen molar-refractivity contribution in [3.8, 4) is 0 Å². The molecule has 120 valence electrons.